The third kappa shape index (κ3) is 2.95. The maximum atomic E-state index is 12.9. The number of nitrogens with zero attached hydrogens (tertiary/aromatic N) is 2. The molecule has 3 aromatic rings. The first kappa shape index (κ1) is 17.9. The highest BCUT2D eigenvalue weighted by Crippen LogP contribution is 2.42. The standard InChI is InChI=1S/C21H16N2O4S/c1-27-15-9-5-8-14(12-15)18(24)16-17(13-6-3-2-4-7-13)23(20(26)19(16)25)21-22-10-11-28-21/h2-12,17,24H,1H3/b18-16+. The van der Waals surface area contributed by atoms with Gasteiger partial charge in [0.15, 0.2) is 5.13 Å². The lowest BCUT2D eigenvalue weighted by Gasteiger charge is -2.22. The van der Waals surface area contributed by atoms with Crippen molar-refractivity contribution in [3.63, 3.8) is 0 Å². The molecule has 0 bridgehead atoms. The number of thiazole rings is 1. The van der Waals surface area contributed by atoms with Gasteiger partial charge in [-0.25, -0.2) is 4.98 Å². The molecule has 0 radical (unpaired) electrons. The molecule has 1 atom stereocenters. The van der Waals surface area contributed by atoms with Crippen LogP contribution in [0.4, 0.5) is 5.13 Å². The monoisotopic (exact) mass is 392 g/mol. The zero-order valence-corrected chi connectivity index (χ0v) is 15.7. The summed E-state index contributed by atoms with van der Waals surface area (Å²) in [4.78, 5) is 31.3. The van der Waals surface area contributed by atoms with E-state index in [1.54, 1.807) is 35.8 Å². The Morgan fingerprint density at radius 1 is 1.14 bits per heavy atom. The topological polar surface area (TPSA) is 79.7 Å². The molecular formula is C21H16N2O4S. The van der Waals surface area contributed by atoms with Crippen LogP contribution in [0, 0.1) is 0 Å². The molecule has 1 aromatic heterocycles. The van der Waals surface area contributed by atoms with Crippen LogP contribution >= 0.6 is 11.3 Å². The van der Waals surface area contributed by atoms with Crippen LogP contribution in [0.3, 0.4) is 0 Å². The van der Waals surface area contributed by atoms with E-state index in [2.05, 4.69) is 4.98 Å². The second kappa shape index (κ2) is 7.28. The van der Waals surface area contributed by atoms with Gasteiger partial charge in [-0.15, -0.1) is 11.3 Å². The maximum absolute atomic E-state index is 12.9. The molecular weight excluding hydrogens is 376 g/mol. The number of carbonyl (C=O) groups excluding carboxylic acids is 2. The lowest BCUT2D eigenvalue weighted by molar-refractivity contribution is -0.132. The highest BCUT2D eigenvalue weighted by atomic mass is 32.1. The number of carbonyl (C=O) groups is 2. The van der Waals surface area contributed by atoms with Crippen molar-refractivity contribution in [3.8, 4) is 5.75 Å². The van der Waals surface area contributed by atoms with E-state index in [4.69, 9.17) is 4.74 Å². The van der Waals surface area contributed by atoms with E-state index in [0.29, 0.717) is 22.0 Å². The van der Waals surface area contributed by atoms with Crippen LogP contribution < -0.4 is 9.64 Å². The number of anilines is 1. The van der Waals surface area contributed by atoms with Crippen molar-refractivity contribution in [2.45, 2.75) is 6.04 Å². The van der Waals surface area contributed by atoms with Gasteiger partial charge in [0.25, 0.3) is 5.78 Å². The van der Waals surface area contributed by atoms with Gasteiger partial charge in [-0.1, -0.05) is 42.5 Å². The molecule has 0 spiro atoms. The fourth-order valence-electron chi connectivity index (χ4n) is 3.24. The summed E-state index contributed by atoms with van der Waals surface area (Å²) < 4.78 is 5.20. The number of benzene rings is 2. The Morgan fingerprint density at radius 3 is 2.61 bits per heavy atom. The average molecular weight is 392 g/mol. The van der Waals surface area contributed by atoms with Crippen molar-refractivity contribution in [1.29, 1.82) is 0 Å². The van der Waals surface area contributed by atoms with Gasteiger partial charge in [0, 0.05) is 17.1 Å². The molecule has 1 aliphatic heterocycles. The first-order valence-electron chi connectivity index (χ1n) is 8.51. The molecule has 2 heterocycles. The summed E-state index contributed by atoms with van der Waals surface area (Å²) in [7, 11) is 1.52. The largest absolute Gasteiger partial charge is 0.507 e. The van der Waals surface area contributed by atoms with Crippen LogP contribution in [0.1, 0.15) is 17.2 Å². The van der Waals surface area contributed by atoms with Crippen LogP contribution in [-0.4, -0.2) is 28.9 Å². The van der Waals surface area contributed by atoms with Crippen LogP contribution in [-0.2, 0) is 9.59 Å². The Hall–Kier alpha value is -3.45. The highest BCUT2D eigenvalue weighted by Gasteiger charge is 2.47. The predicted octanol–water partition coefficient (Wildman–Crippen LogP) is 3.78. The normalized spacial score (nSPS) is 18.5. The van der Waals surface area contributed by atoms with E-state index in [9.17, 15) is 14.7 Å². The number of aromatic nitrogens is 1. The highest BCUT2D eigenvalue weighted by molar-refractivity contribution is 7.14. The Morgan fingerprint density at radius 2 is 1.93 bits per heavy atom. The molecule has 28 heavy (non-hydrogen) atoms. The molecule has 2 aromatic carbocycles. The number of Topliss-reactive ketones (excluding diaryl/α,β-unsaturated/α-hetero) is 1. The van der Waals surface area contributed by atoms with E-state index in [1.165, 1.54) is 23.3 Å². The number of methoxy groups -OCH3 is 1. The van der Waals surface area contributed by atoms with Crippen molar-refractivity contribution in [1.82, 2.24) is 4.98 Å². The van der Waals surface area contributed by atoms with Gasteiger partial charge < -0.3 is 9.84 Å². The summed E-state index contributed by atoms with van der Waals surface area (Å²) in [6.07, 6.45) is 1.57. The van der Waals surface area contributed by atoms with Gasteiger partial charge in [0.05, 0.1) is 18.7 Å². The van der Waals surface area contributed by atoms with Gasteiger partial charge in [-0.05, 0) is 17.7 Å². The van der Waals surface area contributed by atoms with Gasteiger partial charge in [-0.2, -0.15) is 0 Å². The fraction of sp³-hybridized carbons (Fsp3) is 0.0952. The smallest absolute Gasteiger partial charge is 0.301 e. The zero-order chi connectivity index (χ0) is 19.7. The first-order valence-corrected chi connectivity index (χ1v) is 9.39. The Kier molecular flexibility index (Phi) is 4.67. The van der Waals surface area contributed by atoms with Gasteiger partial charge >= 0.3 is 5.91 Å². The summed E-state index contributed by atoms with van der Waals surface area (Å²) in [6.45, 7) is 0. The van der Waals surface area contributed by atoms with Crippen LogP contribution in [0.15, 0.2) is 71.7 Å². The Balaban J connectivity index is 1.93. The summed E-state index contributed by atoms with van der Waals surface area (Å²) in [5.41, 5.74) is 1.14. The van der Waals surface area contributed by atoms with Gasteiger partial charge in [0.1, 0.15) is 11.5 Å². The molecule has 4 rings (SSSR count). The first-order chi connectivity index (χ1) is 13.6. The van der Waals surface area contributed by atoms with E-state index >= 15 is 0 Å². The minimum atomic E-state index is -0.765. The third-order valence-electron chi connectivity index (χ3n) is 4.53. The Bertz CT molecular complexity index is 1060. The van der Waals surface area contributed by atoms with Crippen molar-refractivity contribution in [3.05, 3.63) is 82.9 Å². The SMILES string of the molecule is COc1cccc(/C(O)=C2\C(=O)C(=O)N(c3nccs3)C2c2ccccc2)c1. The number of amides is 1. The number of ether oxygens (including phenoxy) is 1. The van der Waals surface area contributed by atoms with Crippen LogP contribution in [0.5, 0.6) is 5.75 Å². The average Bonchev–Trinajstić information content (AvgIpc) is 3.35. The summed E-state index contributed by atoms with van der Waals surface area (Å²) in [5, 5.41) is 13.1. The fourth-order valence-corrected chi connectivity index (χ4v) is 3.91. The number of ketones is 1. The van der Waals surface area contributed by atoms with E-state index in [0.717, 1.165) is 0 Å². The molecule has 1 aliphatic rings. The molecule has 0 aliphatic carbocycles. The number of rotatable bonds is 4. The van der Waals surface area contributed by atoms with Crippen molar-refractivity contribution < 1.29 is 19.4 Å². The number of hydrogen-bond acceptors (Lipinski definition) is 6. The van der Waals surface area contributed by atoms with E-state index in [1.807, 2.05) is 30.3 Å². The summed E-state index contributed by atoms with van der Waals surface area (Å²) in [5.74, 6) is -1.17. The Labute approximate surface area is 165 Å². The molecule has 7 heteroatoms. The minimum Gasteiger partial charge on any atom is -0.507 e. The quantitative estimate of drug-likeness (QED) is 0.415. The molecule has 6 nitrogen and oxygen atoms in total. The second-order valence-corrected chi connectivity index (χ2v) is 7.00. The van der Waals surface area contributed by atoms with Crippen LogP contribution in [0.2, 0.25) is 0 Å². The van der Waals surface area contributed by atoms with E-state index < -0.39 is 17.7 Å². The summed E-state index contributed by atoms with van der Waals surface area (Å²) in [6, 6.07) is 15.1. The molecule has 1 N–H and O–H groups in total. The lowest BCUT2D eigenvalue weighted by atomic mass is 9.95. The molecule has 1 fully saturated rings. The number of aliphatic hydroxyl groups is 1. The molecule has 1 saturated heterocycles. The number of hydrogen-bond donors (Lipinski definition) is 1. The van der Waals surface area contributed by atoms with Crippen molar-refractivity contribution >= 4 is 33.9 Å². The lowest BCUT2D eigenvalue weighted by Crippen LogP contribution is -2.29. The van der Waals surface area contributed by atoms with Crippen LogP contribution in [0.25, 0.3) is 5.76 Å². The van der Waals surface area contributed by atoms with Crippen molar-refractivity contribution in [2.75, 3.05) is 12.0 Å². The van der Waals surface area contributed by atoms with Gasteiger partial charge in [0.2, 0.25) is 0 Å². The van der Waals surface area contributed by atoms with E-state index in [-0.39, 0.29) is 11.3 Å². The zero-order valence-electron chi connectivity index (χ0n) is 14.9. The molecule has 1 amide bonds. The third-order valence-corrected chi connectivity index (χ3v) is 5.30. The number of aliphatic hydroxyl groups excluding tert-OH is 1. The minimum absolute atomic E-state index is 0.0275. The molecule has 140 valence electrons. The van der Waals surface area contributed by atoms with Crippen molar-refractivity contribution in [2.24, 2.45) is 0 Å². The summed E-state index contributed by atoms with van der Waals surface area (Å²) >= 11 is 1.26. The predicted molar refractivity (Wildman–Crippen MR) is 106 cm³/mol. The molecule has 0 saturated carbocycles. The maximum Gasteiger partial charge on any atom is 0.301 e. The molecule has 1 unspecified atom stereocenters. The second-order valence-electron chi connectivity index (χ2n) is 6.13. The van der Waals surface area contributed by atoms with Gasteiger partial charge in [-0.3, -0.25) is 14.5 Å².